The molecular weight excluding hydrogens is 428 g/mol. The molecule has 128 valence electrons. The van der Waals surface area contributed by atoms with Crippen molar-refractivity contribution in [2.75, 3.05) is 10.6 Å². The van der Waals surface area contributed by atoms with E-state index in [4.69, 9.17) is 0 Å². The molecule has 0 aromatic heterocycles. The van der Waals surface area contributed by atoms with E-state index in [1.165, 1.54) is 29.8 Å². The summed E-state index contributed by atoms with van der Waals surface area (Å²) in [6, 6.07) is 15.9. The molecule has 0 unspecified atom stereocenters. The van der Waals surface area contributed by atoms with Crippen LogP contribution in [0.5, 0.6) is 0 Å². The van der Waals surface area contributed by atoms with Crippen LogP contribution in [0.1, 0.15) is 44.7 Å². The van der Waals surface area contributed by atoms with Crippen LogP contribution in [0.4, 0.5) is 11.4 Å². The lowest BCUT2D eigenvalue weighted by Crippen LogP contribution is -2.40. The summed E-state index contributed by atoms with van der Waals surface area (Å²) in [6.45, 7) is 4.57. The van der Waals surface area contributed by atoms with E-state index in [0.29, 0.717) is 18.0 Å². The molecule has 4 heteroatoms. The SMILES string of the molecule is CCC[C@@H]1Nc2ccc(Br)cc2[C@H](Nc2ccc(Br)cc2)[C@@H]1CC. The Hall–Kier alpha value is -1.00. The van der Waals surface area contributed by atoms with Gasteiger partial charge < -0.3 is 10.6 Å². The van der Waals surface area contributed by atoms with Crippen LogP contribution in [0.2, 0.25) is 0 Å². The average Bonchev–Trinajstić information content (AvgIpc) is 2.58. The molecule has 3 atom stereocenters. The highest BCUT2D eigenvalue weighted by Gasteiger charge is 2.35. The van der Waals surface area contributed by atoms with E-state index in [9.17, 15) is 0 Å². The maximum atomic E-state index is 3.80. The van der Waals surface area contributed by atoms with Crippen molar-refractivity contribution >= 4 is 43.2 Å². The third-order valence-electron chi connectivity index (χ3n) is 4.87. The van der Waals surface area contributed by atoms with Gasteiger partial charge in [0.1, 0.15) is 0 Å². The summed E-state index contributed by atoms with van der Waals surface area (Å²) in [7, 11) is 0. The molecule has 3 rings (SSSR count). The van der Waals surface area contributed by atoms with E-state index < -0.39 is 0 Å². The van der Waals surface area contributed by atoms with Gasteiger partial charge in [0.25, 0.3) is 0 Å². The Morgan fingerprint density at radius 2 is 1.71 bits per heavy atom. The van der Waals surface area contributed by atoms with Gasteiger partial charge in [0.15, 0.2) is 0 Å². The zero-order valence-electron chi connectivity index (χ0n) is 14.2. The molecule has 0 radical (unpaired) electrons. The fourth-order valence-electron chi connectivity index (χ4n) is 3.72. The lowest BCUT2D eigenvalue weighted by molar-refractivity contribution is 0.349. The first-order valence-electron chi connectivity index (χ1n) is 8.70. The van der Waals surface area contributed by atoms with Gasteiger partial charge in [-0.1, -0.05) is 52.1 Å². The lowest BCUT2D eigenvalue weighted by atomic mass is 9.79. The van der Waals surface area contributed by atoms with Crippen LogP contribution in [-0.4, -0.2) is 6.04 Å². The van der Waals surface area contributed by atoms with Gasteiger partial charge in [-0.3, -0.25) is 0 Å². The summed E-state index contributed by atoms with van der Waals surface area (Å²) < 4.78 is 2.24. The Bertz CT molecular complexity index is 685. The van der Waals surface area contributed by atoms with E-state index in [1.54, 1.807) is 0 Å². The van der Waals surface area contributed by atoms with E-state index in [-0.39, 0.29) is 0 Å². The molecule has 0 aliphatic carbocycles. The summed E-state index contributed by atoms with van der Waals surface area (Å²) in [5, 5.41) is 7.58. The van der Waals surface area contributed by atoms with Gasteiger partial charge in [-0.2, -0.15) is 0 Å². The minimum absolute atomic E-state index is 0.321. The van der Waals surface area contributed by atoms with Gasteiger partial charge in [-0.25, -0.2) is 0 Å². The molecular formula is C20H24Br2N2. The molecule has 2 aromatic rings. The molecule has 1 heterocycles. The summed E-state index contributed by atoms with van der Waals surface area (Å²) >= 11 is 7.16. The predicted molar refractivity (Wildman–Crippen MR) is 111 cm³/mol. The van der Waals surface area contributed by atoms with Crippen LogP contribution in [0.15, 0.2) is 51.4 Å². The predicted octanol–water partition coefficient (Wildman–Crippen LogP) is 6.99. The molecule has 24 heavy (non-hydrogen) atoms. The van der Waals surface area contributed by atoms with Crippen LogP contribution < -0.4 is 10.6 Å². The largest absolute Gasteiger partial charge is 0.382 e. The number of rotatable bonds is 5. The van der Waals surface area contributed by atoms with Crippen LogP contribution in [0.25, 0.3) is 0 Å². The topological polar surface area (TPSA) is 24.1 Å². The molecule has 0 saturated carbocycles. The van der Waals surface area contributed by atoms with Crippen molar-refractivity contribution in [2.45, 2.75) is 45.2 Å². The molecule has 2 aromatic carbocycles. The normalized spacial score (nSPS) is 22.6. The van der Waals surface area contributed by atoms with Gasteiger partial charge in [0.05, 0.1) is 6.04 Å². The maximum absolute atomic E-state index is 3.80. The number of nitrogens with one attached hydrogen (secondary N) is 2. The molecule has 2 nitrogen and oxygen atoms in total. The lowest BCUT2D eigenvalue weighted by Gasteiger charge is -2.41. The Morgan fingerprint density at radius 3 is 2.38 bits per heavy atom. The van der Waals surface area contributed by atoms with Crippen molar-refractivity contribution in [1.29, 1.82) is 0 Å². The molecule has 0 amide bonds. The molecule has 0 bridgehead atoms. The minimum atomic E-state index is 0.321. The Kier molecular flexibility index (Phi) is 5.88. The van der Waals surface area contributed by atoms with Crippen LogP contribution in [-0.2, 0) is 0 Å². The number of hydrogen-bond donors (Lipinski definition) is 2. The van der Waals surface area contributed by atoms with Crippen molar-refractivity contribution in [2.24, 2.45) is 5.92 Å². The molecule has 2 N–H and O–H groups in total. The Balaban J connectivity index is 1.98. The number of fused-ring (bicyclic) bond motifs is 1. The van der Waals surface area contributed by atoms with Crippen molar-refractivity contribution in [3.63, 3.8) is 0 Å². The van der Waals surface area contributed by atoms with Crippen molar-refractivity contribution in [3.05, 3.63) is 57.0 Å². The average molecular weight is 452 g/mol. The summed E-state index contributed by atoms with van der Waals surface area (Å²) in [5.74, 6) is 0.565. The summed E-state index contributed by atoms with van der Waals surface area (Å²) in [6.07, 6.45) is 3.55. The molecule has 0 spiro atoms. The number of halogens is 2. The standard InChI is InChI=1S/C20H24Br2N2/c1-3-5-18-16(4-2)20(23-15-9-6-13(21)7-10-15)17-12-14(22)8-11-19(17)24-18/h6-12,16,18,20,23-24H,3-5H2,1-2H3/t16-,18+,20-/m1/s1. The maximum Gasteiger partial charge on any atom is 0.0582 e. The van der Waals surface area contributed by atoms with Crippen LogP contribution in [0.3, 0.4) is 0 Å². The van der Waals surface area contributed by atoms with Crippen LogP contribution in [0, 0.1) is 5.92 Å². The van der Waals surface area contributed by atoms with E-state index in [2.05, 4.69) is 98.8 Å². The van der Waals surface area contributed by atoms with Gasteiger partial charge in [-0.15, -0.1) is 0 Å². The quantitative estimate of drug-likeness (QED) is 0.511. The summed E-state index contributed by atoms with van der Waals surface area (Å²) in [5.41, 5.74) is 3.78. The van der Waals surface area contributed by atoms with Crippen molar-refractivity contribution in [1.82, 2.24) is 0 Å². The first-order valence-corrected chi connectivity index (χ1v) is 10.3. The molecule has 0 saturated heterocycles. The third kappa shape index (κ3) is 3.80. The second-order valence-corrected chi connectivity index (χ2v) is 8.30. The fraction of sp³-hybridized carbons (Fsp3) is 0.400. The second kappa shape index (κ2) is 7.92. The number of anilines is 2. The van der Waals surface area contributed by atoms with Crippen molar-refractivity contribution in [3.8, 4) is 0 Å². The first kappa shape index (κ1) is 17.8. The zero-order chi connectivity index (χ0) is 17.1. The van der Waals surface area contributed by atoms with E-state index >= 15 is 0 Å². The Labute approximate surface area is 161 Å². The van der Waals surface area contributed by atoms with Gasteiger partial charge in [0, 0.05) is 32.3 Å². The monoisotopic (exact) mass is 450 g/mol. The highest BCUT2D eigenvalue weighted by Crippen LogP contribution is 2.42. The molecule has 1 aliphatic rings. The highest BCUT2D eigenvalue weighted by molar-refractivity contribution is 9.10. The van der Waals surface area contributed by atoms with E-state index in [0.717, 1.165) is 15.4 Å². The second-order valence-electron chi connectivity index (χ2n) is 6.47. The molecule has 1 aliphatic heterocycles. The van der Waals surface area contributed by atoms with E-state index in [1.807, 2.05) is 0 Å². The highest BCUT2D eigenvalue weighted by atomic mass is 79.9. The molecule has 0 fully saturated rings. The van der Waals surface area contributed by atoms with Gasteiger partial charge in [0.2, 0.25) is 0 Å². The first-order chi connectivity index (χ1) is 11.6. The number of benzene rings is 2. The van der Waals surface area contributed by atoms with Crippen molar-refractivity contribution < 1.29 is 0 Å². The third-order valence-corrected chi connectivity index (χ3v) is 5.89. The minimum Gasteiger partial charge on any atom is -0.382 e. The Morgan fingerprint density at radius 1 is 1.00 bits per heavy atom. The smallest absolute Gasteiger partial charge is 0.0582 e. The summed E-state index contributed by atoms with van der Waals surface area (Å²) in [4.78, 5) is 0. The van der Waals surface area contributed by atoms with Gasteiger partial charge in [-0.05, 0) is 60.9 Å². The fourth-order valence-corrected chi connectivity index (χ4v) is 4.36. The number of hydrogen-bond acceptors (Lipinski definition) is 2. The zero-order valence-corrected chi connectivity index (χ0v) is 17.3. The van der Waals surface area contributed by atoms with Gasteiger partial charge >= 0.3 is 0 Å². The van der Waals surface area contributed by atoms with Crippen LogP contribution >= 0.6 is 31.9 Å².